The lowest BCUT2D eigenvalue weighted by molar-refractivity contribution is 0.111. The number of rotatable bonds is 5. The van der Waals surface area contributed by atoms with E-state index in [9.17, 15) is 0 Å². The molecule has 1 aromatic rings. The summed E-state index contributed by atoms with van der Waals surface area (Å²) in [4.78, 5) is 2.48. The Morgan fingerprint density at radius 3 is 2.94 bits per heavy atom. The molecular weight excluding hydrogens is 226 g/mol. The van der Waals surface area contributed by atoms with Gasteiger partial charge in [-0.05, 0) is 49.6 Å². The Morgan fingerprint density at radius 1 is 1.28 bits per heavy atom. The van der Waals surface area contributed by atoms with Gasteiger partial charge in [-0.15, -0.1) is 0 Å². The molecule has 0 aromatic heterocycles. The maximum Gasteiger partial charge on any atom is 0.119 e. The predicted molar refractivity (Wildman–Crippen MR) is 73.1 cm³/mol. The summed E-state index contributed by atoms with van der Waals surface area (Å²) < 4.78 is 10.7. The highest BCUT2D eigenvalue weighted by atomic mass is 16.5. The topological polar surface area (TPSA) is 21.7 Å². The molecule has 0 bridgehead atoms. The number of hydrogen-bond acceptors (Lipinski definition) is 3. The van der Waals surface area contributed by atoms with Crippen LogP contribution in [0.4, 0.5) is 0 Å². The summed E-state index contributed by atoms with van der Waals surface area (Å²) in [5, 5.41) is 0. The molecule has 0 N–H and O–H groups in total. The second-order valence-corrected chi connectivity index (χ2v) is 4.71. The molecule has 1 aliphatic rings. The highest BCUT2D eigenvalue weighted by molar-refractivity contribution is 5.36. The lowest BCUT2D eigenvalue weighted by Gasteiger charge is -2.20. The van der Waals surface area contributed by atoms with Gasteiger partial charge in [-0.1, -0.05) is 6.07 Å². The smallest absolute Gasteiger partial charge is 0.119 e. The number of nitrogens with zero attached hydrogens (tertiary/aromatic N) is 1. The van der Waals surface area contributed by atoms with E-state index in [2.05, 4.69) is 23.1 Å². The van der Waals surface area contributed by atoms with Crippen molar-refractivity contribution in [2.75, 3.05) is 33.4 Å². The van der Waals surface area contributed by atoms with E-state index in [1.165, 1.54) is 17.5 Å². The average molecular weight is 249 g/mol. The largest absolute Gasteiger partial charge is 0.497 e. The van der Waals surface area contributed by atoms with Crippen molar-refractivity contribution in [3.63, 3.8) is 0 Å². The van der Waals surface area contributed by atoms with Crippen molar-refractivity contribution in [2.24, 2.45) is 0 Å². The molecule has 0 unspecified atom stereocenters. The molecule has 3 heteroatoms. The first-order chi connectivity index (χ1) is 8.83. The van der Waals surface area contributed by atoms with Crippen LogP contribution in [0.1, 0.15) is 24.5 Å². The van der Waals surface area contributed by atoms with Crippen molar-refractivity contribution < 1.29 is 9.47 Å². The molecule has 0 radical (unpaired) electrons. The zero-order valence-electron chi connectivity index (χ0n) is 11.4. The van der Waals surface area contributed by atoms with Gasteiger partial charge in [0.05, 0.1) is 13.7 Å². The molecule has 0 aliphatic carbocycles. The van der Waals surface area contributed by atoms with Crippen molar-refractivity contribution >= 4 is 0 Å². The van der Waals surface area contributed by atoms with Crippen LogP contribution in [-0.2, 0) is 17.7 Å². The van der Waals surface area contributed by atoms with Crippen molar-refractivity contribution in [1.29, 1.82) is 0 Å². The summed E-state index contributed by atoms with van der Waals surface area (Å²) >= 11 is 0. The van der Waals surface area contributed by atoms with Crippen molar-refractivity contribution in [2.45, 2.75) is 26.3 Å². The summed E-state index contributed by atoms with van der Waals surface area (Å²) in [6, 6.07) is 6.44. The van der Waals surface area contributed by atoms with E-state index in [0.717, 1.165) is 45.0 Å². The van der Waals surface area contributed by atoms with Crippen LogP contribution in [-0.4, -0.2) is 38.3 Å². The Balaban J connectivity index is 2.00. The first-order valence-electron chi connectivity index (χ1n) is 6.79. The molecule has 100 valence electrons. The van der Waals surface area contributed by atoms with Gasteiger partial charge >= 0.3 is 0 Å². The molecule has 0 saturated heterocycles. The molecule has 1 heterocycles. The van der Waals surface area contributed by atoms with E-state index in [0.29, 0.717) is 0 Å². The van der Waals surface area contributed by atoms with Crippen LogP contribution >= 0.6 is 0 Å². The van der Waals surface area contributed by atoms with Gasteiger partial charge in [-0.3, -0.25) is 4.90 Å². The Hall–Kier alpha value is -1.06. The van der Waals surface area contributed by atoms with Crippen LogP contribution < -0.4 is 4.74 Å². The zero-order valence-corrected chi connectivity index (χ0v) is 11.4. The summed E-state index contributed by atoms with van der Waals surface area (Å²) in [5.74, 6) is 0.969. The Bertz CT molecular complexity index is 379. The third-order valence-corrected chi connectivity index (χ3v) is 3.48. The maximum absolute atomic E-state index is 5.44. The quantitative estimate of drug-likeness (QED) is 0.748. The highest BCUT2D eigenvalue weighted by Gasteiger charge is 2.14. The molecule has 0 fully saturated rings. The highest BCUT2D eigenvalue weighted by Crippen LogP contribution is 2.23. The number of aryl methyl sites for hydroxylation is 1. The molecular formula is C15H23NO2. The maximum atomic E-state index is 5.44. The van der Waals surface area contributed by atoms with E-state index < -0.39 is 0 Å². The summed E-state index contributed by atoms with van der Waals surface area (Å²) in [7, 11) is 1.73. The van der Waals surface area contributed by atoms with Gasteiger partial charge in [0.15, 0.2) is 0 Å². The first kappa shape index (κ1) is 13.4. The van der Waals surface area contributed by atoms with Gasteiger partial charge in [-0.2, -0.15) is 0 Å². The van der Waals surface area contributed by atoms with Crippen LogP contribution in [0.15, 0.2) is 18.2 Å². The summed E-state index contributed by atoms with van der Waals surface area (Å²) in [6.45, 7) is 6.91. The number of benzene rings is 1. The molecule has 0 saturated carbocycles. The van der Waals surface area contributed by atoms with Gasteiger partial charge in [-0.25, -0.2) is 0 Å². The van der Waals surface area contributed by atoms with Crippen LogP contribution in [0.2, 0.25) is 0 Å². The standard InChI is InChI=1S/C15H23NO2/c1-3-18-10-9-16-8-4-5-13-11-15(17-2)7-6-14(13)12-16/h6-7,11H,3-5,8-10,12H2,1-2H3. The van der Waals surface area contributed by atoms with E-state index in [4.69, 9.17) is 9.47 Å². The molecule has 1 aromatic carbocycles. The number of methoxy groups -OCH3 is 1. The molecule has 2 rings (SSSR count). The fourth-order valence-electron chi connectivity index (χ4n) is 2.46. The molecule has 0 amide bonds. The first-order valence-corrected chi connectivity index (χ1v) is 6.79. The number of ether oxygens (including phenoxy) is 2. The second-order valence-electron chi connectivity index (χ2n) is 4.71. The van der Waals surface area contributed by atoms with Gasteiger partial charge in [0.1, 0.15) is 5.75 Å². The molecule has 18 heavy (non-hydrogen) atoms. The van der Waals surface area contributed by atoms with Crippen molar-refractivity contribution in [3.8, 4) is 5.75 Å². The van der Waals surface area contributed by atoms with E-state index in [-0.39, 0.29) is 0 Å². The van der Waals surface area contributed by atoms with E-state index in [1.54, 1.807) is 7.11 Å². The Morgan fingerprint density at radius 2 is 2.17 bits per heavy atom. The SMILES string of the molecule is CCOCCN1CCCc2cc(OC)ccc2C1. The third kappa shape index (κ3) is 3.47. The minimum atomic E-state index is 0.807. The van der Waals surface area contributed by atoms with Crippen LogP contribution in [0.5, 0.6) is 5.75 Å². The van der Waals surface area contributed by atoms with Crippen molar-refractivity contribution in [3.05, 3.63) is 29.3 Å². The van der Waals surface area contributed by atoms with Crippen LogP contribution in [0, 0.1) is 0 Å². The van der Waals surface area contributed by atoms with E-state index in [1.807, 2.05) is 6.92 Å². The monoisotopic (exact) mass is 249 g/mol. The van der Waals surface area contributed by atoms with Gasteiger partial charge in [0.2, 0.25) is 0 Å². The molecule has 0 spiro atoms. The minimum Gasteiger partial charge on any atom is -0.497 e. The van der Waals surface area contributed by atoms with Crippen LogP contribution in [0.3, 0.4) is 0 Å². The molecule has 0 atom stereocenters. The molecule has 1 aliphatic heterocycles. The van der Waals surface area contributed by atoms with Crippen molar-refractivity contribution in [1.82, 2.24) is 4.90 Å². The fourth-order valence-corrected chi connectivity index (χ4v) is 2.46. The minimum absolute atomic E-state index is 0.807. The summed E-state index contributed by atoms with van der Waals surface area (Å²) in [6.07, 6.45) is 2.37. The third-order valence-electron chi connectivity index (χ3n) is 3.48. The second kappa shape index (κ2) is 6.76. The normalized spacial score (nSPS) is 16.1. The average Bonchev–Trinajstić information content (AvgIpc) is 2.60. The lowest BCUT2D eigenvalue weighted by Crippen LogP contribution is -2.27. The van der Waals surface area contributed by atoms with Gasteiger partial charge < -0.3 is 9.47 Å². The lowest BCUT2D eigenvalue weighted by atomic mass is 10.0. The van der Waals surface area contributed by atoms with Crippen LogP contribution in [0.25, 0.3) is 0 Å². The summed E-state index contributed by atoms with van der Waals surface area (Å²) in [5.41, 5.74) is 2.87. The zero-order chi connectivity index (χ0) is 12.8. The number of fused-ring (bicyclic) bond motifs is 1. The fraction of sp³-hybridized carbons (Fsp3) is 0.600. The Labute approximate surface area is 110 Å². The molecule has 3 nitrogen and oxygen atoms in total. The predicted octanol–water partition coefficient (Wildman–Crippen LogP) is 2.48. The van der Waals surface area contributed by atoms with Gasteiger partial charge in [0, 0.05) is 19.7 Å². The Kier molecular flexibility index (Phi) is 5.02. The van der Waals surface area contributed by atoms with E-state index >= 15 is 0 Å². The van der Waals surface area contributed by atoms with Gasteiger partial charge in [0.25, 0.3) is 0 Å². The number of hydrogen-bond donors (Lipinski definition) is 0.